The molecule has 34 heavy (non-hydrogen) atoms. The molecule has 0 bridgehead atoms. The molecular formula is C22H28N6O4S2. The highest BCUT2D eigenvalue weighted by Gasteiger charge is 2.21. The highest BCUT2D eigenvalue weighted by molar-refractivity contribution is 8.00. The van der Waals surface area contributed by atoms with Gasteiger partial charge in [0, 0.05) is 41.2 Å². The van der Waals surface area contributed by atoms with Crippen LogP contribution in [0.2, 0.25) is 0 Å². The van der Waals surface area contributed by atoms with Crippen molar-refractivity contribution < 1.29 is 19.0 Å². The summed E-state index contributed by atoms with van der Waals surface area (Å²) in [6.07, 6.45) is 1.56. The molecule has 2 aromatic heterocycles. The number of methoxy groups -OCH3 is 3. The van der Waals surface area contributed by atoms with Gasteiger partial charge in [0.2, 0.25) is 5.75 Å². The van der Waals surface area contributed by atoms with Gasteiger partial charge in [0.1, 0.15) is 0 Å². The third-order valence-corrected chi connectivity index (χ3v) is 6.13. The number of carbonyl (C=O) groups excluding carboxylic acids is 1. The zero-order valence-electron chi connectivity index (χ0n) is 20.1. The molecule has 0 aliphatic heterocycles. The predicted molar refractivity (Wildman–Crippen MR) is 137 cm³/mol. The number of pyridine rings is 1. The molecule has 0 saturated heterocycles. The minimum absolute atomic E-state index is 0.173. The molecule has 0 atom stereocenters. The van der Waals surface area contributed by atoms with Crippen LogP contribution in [0.5, 0.6) is 17.2 Å². The fraction of sp³-hybridized carbons (Fsp3) is 0.364. The van der Waals surface area contributed by atoms with Gasteiger partial charge in [-0.2, -0.15) is 5.10 Å². The van der Waals surface area contributed by atoms with Crippen LogP contribution in [-0.4, -0.2) is 52.4 Å². The smallest absolute Gasteiger partial charge is 0.272 e. The van der Waals surface area contributed by atoms with Gasteiger partial charge < -0.3 is 19.5 Å². The Balaban J connectivity index is 1.78. The minimum atomic E-state index is -0.366. The number of amides is 1. The largest absolute Gasteiger partial charge is 0.493 e. The van der Waals surface area contributed by atoms with E-state index in [2.05, 4.69) is 40.1 Å². The summed E-state index contributed by atoms with van der Waals surface area (Å²) in [5.41, 5.74) is 7.94. The number of hydrogen-bond acceptors (Lipinski definition) is 8. The molecule has 10 nitrogen and oxygen atoms in total. The van der Waals surface area contributed by atoms with E-state index in [9.17, 15) is 4.79 Å². The minimum Gasteiger partial charge on any atom is -0.493 e. The third kappa shape index (κ3) is 5.28. The second-order valence-corrected chi connectivity index (χ2v) is 9.52. The Labute approximate surface area is 207 Å². The topological polar surface area (TPSA) is 112 Å². The van der Waals surface area contributed by atoms with Crippen LogP contribution in [0.3, 0.4) is 0 Å². The Bertz CT molecular complexity index is 1200. The van der Waals surface area contributed by atoms with E-state index >= 15 is 0 Å². The summed E-state index contributed by atoms with van der Waals surface area (Å²) >= 11 is 6.93. The zero-order valence-corrected chi connectivity index (χ0v) is 21.7. The van der Waals surface area contributed by atoms with Crippen LogP contribution in [0.15, 0.2) is 23.2 Å². The summed E-state index contributed by atoms with van der Waals surface area (Å²) in [5, 5.41) is 8.75. The first-order valence-corrected chi connectivity index (χ1v) is 11.6. The molecule has 3 rings (SSSR count). The molecule has 1 aromatic carbocycles. The van der Waals surface area contributed by atoms with Gasteiger partial charge in [0.05, 0.1) is 38.0 Å². The van der Waals surface area contributed by atoms with Crippen molar-refractivity contribution in [2.75, 3.05) is 26.6 Å². The Kier molecular flexibility index (Phi) is 8.05. The van der Waals surface area contributed by atoms with Crippen LogP contribution in [-0.2, 0) is 7.05 Å². The molecule has 0 aliphatic rings. The van der Waals surface area contributed by atoms with E-state index in [1.807, 2.05) is 14.0 Å². The molecule has 182 valence electrons. The van der Waals surface area contributed by atoms with Gasteiger partial charge in [-0.15, -0.1) is 11.8 Å². The normalized spacial score (nSPS) is 10.8. The first-order chi connectivity index (χ1) is 16.2. The number of rotatable bonds is 7. The number of thiocarbonyl (C=S) groups is 1. The molecule has 3 N–H and O–H groups in total. The van der Waals surface area contributed by atoms with E-state index in [0.29, 0.717) is 28.5 Å². The van der Waals surface area contributed by atoms with Crippen molar-refractivity contribution in [1.29, 1.82) is 0 Å². The second kappa shape index (κ2) is 10.8. The standard InChI is InChI=1S/C22H28N6O4S2/c1-11(2)34-19-14(10-23-20-17(19)12(3)27-28(20)4)21(29)25-26-22(33)24-13-8-15(30-5)18(32-7)16(9-13)31-6/h8-11H,1-7H3,(H,25,29)(H2,24,26,33). The molecule has 0 fully saturated rings. The lowest BCUT2D eigenvalue weighted by atomic mass is 10.2. The molecule has 0 saturated carbocycles. The summed E-state index contributed by atoms with van der Waals surface area (Å²) in [5.74, 6) is 1.04. The summed E-state index contributed by atoms with van der Waals surface area (Å²) < 4.78 is 17.7. The third-order valence-electron chi connectivity index (χ3n) is 4.79. The van der Waals surface area contributed by atoms with Crippen LogP contribution in [0.1, 0.15) is 29.9 Å². The number of nitrogens with zero attached hydrogens (tertiary/aromatic N) is 3. The number of nitrogens with one attached hydrogen (secondary N) is 3. The van der Waals surface area contributed by atoms with Gasteiger partial charge in [0.25, 0.3) is 5.91 Å². The number of hydrazine groups is 1. The molecule has 2 heterocycles. The van der Waals surface area contributed by atoms with E-state index in [1.54, 1.807) is 34.8 Å². The van der Waals surface area contributed by atoms with E-state index in [1.165, 1.54) is 21.3 Å². The SMILES string of the molecule is COc1cc(NC(=S)NNC(=O)c2cnc3c(c(C)nn3C)c2SC(C)C)cc(OC)c1OC. The van der Waals surface area contributed by atoms with Crippen molar-refractivity contribution in [3.05, 3.63) is 29.6 Å². The number of anilines is 1. The number of aryl methyl sites for hydroxylation is 2. The van der Waals surface area contributed by atoms with E-state index < -0.39 is 0 Å². The maximum Gasteiger partial charge on any atom is 0.272 e. The Morgan fingerprint density at radius 2 is 1.76 bits per heavy atom. The van der Waals surface area contributed by atoms with Gasteiger partial charge in [-0.1, -0.05) is 13.8 Å². The average molecular weight is 505 g/mol. The quantitative estimate of drug-likeness (QED) is 0.251. The fourth-order valence-corrected chi connectivity index (χ4v) is 4.66. The van der Waals surface area contributed by atoms with Gasteiger partial charge in [-0.05, 0) is 19.1 Å². The molecule has 0 spiro atoms. The fourth-order valence-electron chi connectivity index (χ4n) is 3.40. The molecule has 0 radical (unpaired) electrons. The highest BCUT2D eigenvalue weighted by atomic mass is 32.2. The first kappa shape index (κ1) is 25.4. The highest BCUT2D eigenvalue weighted by Crippen LogP contribution is 2.40. The van der Waals surface area contributed by atoms with Crippen molar-refractivity contribution >= 4 is 51.7 Å². The number of carbonyl (C=O) groups is 1. The first-order valence-electron chi connectivity index (χ1n) is 10.4. The van der Waals surface area contributed by atoms with Crippen LogP contribution >= 0.6 is 24.0 Å². The summed E-state index contributed by atoms with van der Waals surface area (Å²) in [4.78, 5) is 18.3. The maximum absolute atomic E-state index is 13.1. The Hall–Kier alpha value is -3.25. The van der Waals surface area contributed by atoms with Crippen molar-refractivity contribution in [2.24, 2.45) is 7.05 Å². The maximum atomic E-state index is 13.1. The molecule has 1 amide bonds. The lowest BCUT2D eigenvalue weighted by Gasteiger charge is -2.17. The molecular weight excluding hydrogens is 476 g/mol. The number of ether oxygens (including phenoxy) is 3. The number of aromatic nitrogens is 3. The van der Waals surface area contributed by atoms with Crippen LogP contribution in [0.4, 0.5) is 5.69 Å². The Morgan fingerprint density at radius 1 is 1.12 bits per heavy atom. The van der Waals surface area contributed by atoms with Crippen LogP contribution < -0.4 is 30.4 Å². The van der Waals surface area contributed by atoms with Crippen LogP contribution in [0, 0.1) is 6.92 Å². The Morgan fingerprint density at radius 3 is 2.32 bits per heavy atom. The van der Waals surface area contributed by atoms with Crippen molar-refractivity contribution in [3.8, 4) is 17.2 Å². The molecule has 0 aliphatic carbocycles. The number of thioether (sulfide) groups is 1. The van der Waals surface area contributed by atoms with Gasteiger partial charge >= 0.3 is 0 Å². The van der Waals surface area contributed by atoms with Gasteiger partial charge in [-0.3, -0.25) is 20.3 Å². The van der Waals surface area contributed by atoms with Crippen LogP contribution in [0.25, 0.3) is 11.0 Å². The number of fused-ring (bicyclic) bond motifs is 1. The van der Waals surface area contributed by atoms with Crippen molar-refractivity contribution in [2.45, 2.75) is 30.9 Å². The van der Waals surface area contributed by atoms with Crippen molar-refractivity contribution in [1.82, 2.24) is 25.6 Å². The van der Waals surface area contributed by atoms with Gasteiger partial charge in [0.15, 0.2) is 22.3 Å². The predicted octanol–water partition coefficient (Wildman–Crippen LogP) is 3.43. The van der Waals surface area contributed by atoms with E-state index in [-0.39, 0.29) is 16.3 Å². The van der Waals surface area contributed by atoms with E-state index in [0.717, 1.165) is 21.6 Å². The second-order valence-electron chi connectivity index (χ2n) is 7.52. The lowest BCUT2D eigenvalue weighted by molar-refractivity contribution is 0.0941. The molecule has 3 aromatic rings. The van der Waals surface area contributed by atoms with Gasteiger partial charge in [-0.25, -0.2) is 4.98 Å². The number of benzene rings is 1. The molecule has 12 heteroatoms. The average Bonchev–Trinajstić information content (AvgIpc) is 3.10. The van der Waals surface area contributed by atoms with E-state index in [4.69, 9.17) is 26.4 Å². The summed E-state index contributed by atoms with van der Waals surface area (Å²) in [7, 11) is 6.42. The summed E-state index contributed by atoms with van der Waals surface area (Å²) in [6, 6.07) is 3.41. The van der Waals surface area contributed by atoms with Crippen molar-refractivity contribution in [3.63, 3.8) is 0 Å². The number of hydrogen-bond donors (Lipinski definition) is 3. The lowest BCUT2D eigenvalue weighted by Crippen LogP contribution is -2.44. The molecule has 0 unspecified atom stereocenters. The zero-order chi connectivity index (χ0) is 25.0. The monoisotopic (exact) mass is 504 g/mol. The summed E-state index contributed by atoms with van der Waals surface area (Å²) in [6.45, 7) is 6.04.